The molecule has 2 fully saturated rings. The lowest BCUT2D eigenvalue weighted by Gasteiger charge is -2.47. The van der Waals surface area contributed by atoms with E-state index in [1.807, 2.05) is 13.8 Å². The molecule has 4 rings (SSSR count). The number of amides is 2. The van der Waals surface area contributed by atoms with E-state index in [1.165, 1.54) is 19.2 Å². The Labute approximate surface area is 202 Å². The van der Waals surface area contributed by atoms with Gasteiger partial charge < -0.3 is 29.5 Å². The summed E-state index contributed by atoms with van der Waals surface area (Å²) in [5.74, 6) is -0.00196. The van der Waals surface area contributed by atoms with Crippen molar-refractivity contribution >= 4 is 24.1 Å². The number of likely N-dealkylation sites (tertiary alicyclic amines) is 1. The molecule has 3 N–H and O–H groups in total. The highest BCUT2D eigenvalue weighted by molar-refractivity contribution is 5.91. The van der Waals surface area contributed by atoms with E-state index in [2.05, 4.69) is 15.5 Å². The van der Waals surface area contributed by atoms with Crippen molar-refractivity contribution in [3.8, 4) is 17.2 Å². The second-order valence-electron chi connectivity index (χ2n) is 9.45. The van der Waals surface area contributed by atoms with Gasteiger partial charge in [0.05, 0.1) is 12.7 Å². The first-order valence-electron chi connectivity index (χ1n) is 11.5. The third kappa shape index (κ3) is 5.33. The Balaban J connectivity index is 1.28. The van der Waals surface area contributed by atoms with E-state index in [0.717, 1.165) is 31.5 Å². The molecule has 1 aromatic carbocycles. The van der Waals surface area contributed by atoms with Crippen molar-refractivity contribution in [3.05, 3.63) is 29.5 Å². The van der Waals surface area contributed by atoms with Gasteiger partial charge in [-0.2, -0.15) is 5.10 Å². The van der Waals surface area contributed by atoms with Crippen LogP contribution in [0, 0.1) is 0 Å². The van der Waals surface area contributed by atoms with Gasteiger partial charge in [-0.3, -0.25) is 14.7 Å². The van der Waals surface area contributed by atoms with Crippen LogP contribution in [-0.4, -0.2) is 70.4 Å². The lowest BCUT2D eigenvalue weighted by Crippen LogP contribution is -2.58. The largest absolute Gasteiger partial charge is 0.507 e. The molecule has 35 heavy (non-hydrogen) atoms. The molecule has 1 saturated heterocycles. The molecule has 1 aliphatic heterocycles. The molecule has 0 spiro atoms. The summed E-state index contributed by atoms with van der Waals surface area (Å²) in [7, 11) is 1.41. The van der Waals surface area contributed by atoms with Crippen molar-refractivity contribution in [1.82, 2.24) is 15.1 Å². The van der Waals surface area contributed by atoms with Crippen LogP contribution in [0.15, 0.2) is 18.2 Å². The smallest absolute Gasteiger partial charge is 0.410 e. The first-order chi connectivity index (χ1) is 16.7. The number of phenols is 1. The highest BCUT2D eigenvalue weighted by Gasteiger charge is 2.42. The molecular weight excluding hydrogens is 456 g/mol. The lowest BCUT2D eigenvalue weighted by molar-refractivity contribution is -0.118. The Bertz CT molecular complexity index is 1110. The van der Waals surface area contributed by atoms with Crippen LogP contribution in [0.5, 0.6) is 17.2 Å². The molecule has 2 amide bonds. The maximum absolute atomic E-state index is 12.4. The van der Waals surface area contributed by atoms with Gasteiger partial charge in [-0.05, 0) is 39.5 Å². The van der Waals surface area contributed by atoms with Gasteiger partial charge in [0.15, 0.2) is 18.7 Å². The Morgan fingerprint density at radius 2 is 2.11 bits per heavy atom. The first kappa shape index (κ1) is 24.4. The Kier molecular flexibility index (Phi) is 6.86. The number of anilines is 1. The molecule has 1 aromatic heterocycles. The fraction of sp³-hybridized carbons (Fsp3) is 0.500. The van der Waals surface area contributed by atoms with Crippen molar-refractivity contribution in [2.24, 2.45) is 0 Å². The quantitative estimate of drug-likeness (QED) is 0.483. The number of benzene rings is 1. The number of aromatic amines is 1. The van der Waals surface area contributed by atoms with E-state index in [1.54, 1.807) is 11.0 Å². The van der Waals surface area contributed by atoms with Crippen molar-refractivity contribution in [3.63, 3.8) is 0 Å². The fourth-order valence-corrected chi connectivity index (χ4v) is 4.42. The molecule has 2 atom stereocenters. The predicted octanol–water partition coefficient (Wildman–Crippen LogP) is 3.21. The number of methoxy groups -OCH3 is 1. The standard InChI is InChI=1S/C24H30N4O7/c1-24(2)6-7-28(24)23(32)35-15-5-4-14(8-15)18-11-21(27-26-18)25-22(31)13-34-20-10-16(33-3)9-19(30)17(20)12-29/h9-12,14-15,30H,4-8,13H2,1-3H3,(H2,25,26,27,31)/t14-,15+/m0/s1. The summed E-state index contributed by atoms with van der Waals surface area (Å²) in [5.41, 5.74) is 0.636. The van der Waals surface area contributed by atoms with Crippen LogP contribution < -0.4 is 14.8 Å². The number of aromatic nitrogens is 2. The molecule has 0 radical (unpaired) electrons. The lowest BCUT2D eigenvalue weighted by atomic mass is 9.90. The van der Waals surface area contributed by atoms with Crippen molar-refractivity contribution in [1.29, 1.82) is 0 Å². The zero-order valence-electron chi connectivity index (χ0n) is 20.0. The van der Waals surface area contributed by atoms with Crippen LogP contribution in [0.3, 0.4) is 0 Å². The average molecular weight is 487 g/mol. The zero-order chi connectivity index (χ0) is 25.2. The maximum atomic E-state index is 12.4. The monoisotopic (exact) mass is 486 g/mol. The van der Waals surface area contributed by atoms with Gasteiger partial charge in [0, 0.05) is 41.9 Å². The molecule has 11 nitrogen and oxygen atoms in total. The summed E-state index contributed by atoms with van der Waals surface area (Å²) >= 11 is 0. The van der Waals surface area contributed by atoms with Crippen molar-refractivity contribution < 1.29 is 33.7 Å². The molecule has 2 aliphatic rings. The van der Waals surface area contributed by atoms with Gasteiger partial charge >= 0.3 is 6.09 Å². The summed E-state index contributed by atoms with van der Waals surface area (Å²) in [6, 6.07) is 4.44. The minimum Gasteiger partial charge on any atom is -0.507 e. The van der Waals surface area contributed by atoms with E-state index in [0.29, 0.717) is 18.5 Å². The van der Waals surface area contributed by atoms with Crippen LogP contribution in [0.25, 0.3) is 0 Å². The van der Waals surface area contributed by atoms with Gasteiger partial charge in [0.25, 0.3) is 5.91 Å². The number of aldehydes is 1. The topological polar surface area (TPSA) is 143 Å². The van der Waals surface area contributed by atoms with E-state index in [4.69, 9.17) is 14.2 Å². The number of nitrogens with zero attached hydrogens (tertiary/aromatic N) is 2. The molecule has 1 saturated carbocycles. The Hall–Kier alpha value is -3.76. The molecule has 188 valence electrons. The van der Waals surface area contributed by atoms with Crippen LogP contribution in [-0.2, 0) is 9.53 Å². The third-order valence-electron chi connectivity index (χ3n) is 6.66. The predicted molar refractivity (Wildman–Crippen MR) is 125 cm³/mol. The number of carbonyl (C=O) groups excluding carboxylic acids is 3. The van der Waals surface area contributed by atoms with Crippen LogP contribution in [0.1, 0.15) is 61.5 Å². The summed E-state index contributed by atoms with van der Waals surface area (Å²) in [4.78, 5) is 37.8. The van der Waals surface area contributed by atoms with Gasteiger partial charge in [-0.1, -0.05) is 0 Å². The van der Waals surface area contributed by atoms with Gasteiger partial charge in [-0.15, -0.1) is 0 Å². The molecule has 11 heteroatoms. The number of H-pyrrole nitrogens is 1. The van der Waals surface area contributed by atoms with E-state index < -0.39 is 12.5 Å². The molecule has 0 unspecified atom stereocenters. The number of phenolic OH excluding ortho intramolecular Hbond substituents is 1. The van der Waals surface area contributed by atoms with E-state index in [9.17, 15) is 19.5 Å². The van der Waals surface area contributed by atoms with Crippen LogP contribution in [0.4, 0.5) is 10.6 Å². The van der Waals surface area contributed by atoms with Crippen molar-refractivity contribution in [2.75, 3.05) is 25.6 Å². The SMILES string of the molecule is COc1cc(O)c(C=O)c(OCC(=O)Nc2cc([C@H]3CC[C@@H](OC(=O)N4CCC4(C)C)C3)[nH]n2)c1. The number of hydrogen-bond acceptors (Lipinski definition) is 8. The number of aromatic hydroxyl groups is 1. The number of rotatable bonds is 8. The molecular formula is C24H30N4O7. The van der Waals surface area contributed by atoms with Gasteiger partial charge in [0.1, 0.15) is 23.4 Å². The minimum absolute atomic E-state index is 0.0304. The second-order valence-corrected chi connectivity index (χ2v) is 9.45. The van der Waals surface area contributed by atoms with Gasteiger partial charge in [-0.25, -0.2) is 4.79 Å². The number of hydrogen-bond donors (Lipinski definition) is 3. The second kappa shape index (κ2) is 9.85. The summed E-state index contributed by atoms with van der Waals surface area (Å²) < 4.78 is 16.2. The summed E-state index contributed by atoms with van der Waals surface area (Å²) in [6.45, 7) is 4.39. The summed E-state index contributed by atoms with van der Waals surface area (Å²) in [5, 5.41) is 19.6. The number of nitrogens with one attached hydrogen (secondary N) is 2. The number of carbonyl (C=O) groups is 3. The van der Waals surface area contributed by atoms with Crippen LogP contribution in [0.2, 0.25) is 0 Å². The van der Waals surface area contributed by atoms with E-state index >= 15 is 0 Å². The van der Waals surface area contributed by atoms with E-state index in [-0.39, 0.29) is 46.5 Å². The molecule has 0 bridgehead atoms. The molecule has 2 aromatic rings. The maximum Gasteiger partial charge on any atom is 0.410 e. The third-order valence-corrected chi connectivity index (χ3v) is 6.66. The fourth-order valence-electron chi connectivity index (χ4n) is 4.42. The Morgan fingerprint density at radius 1 is 1.31 bits per heavy atom. The summed E-state index contributed by atoms with van der Waals surface area (Å²) in [6.07, 6.45) is 3.31. The highest BCUT2D eigenvalue weighted by Crippen LogP contribution is 2.37. The minimum atomic E-state index is -0.488. The first-order valence-corrected chi connectivity index (χ1v) is 11.5. The highest BCUT2D eigenvalue weighted by atomic mass is 16.6. The Morgan fingerprint density at radius 3 is 2.77 bits per heavy atom. The molecule has 2 heterocycles. The normalized spacial score (nSPS) is 20.6. The molecule has 1 aliphatic carbocycles. The van der Waals surface area contributed by atoms with Crippen LogP contribution >= 0.6 is 0 Å². The average Bonchev–Trinajstić information content (AvgIpc) is 3.46. The number of ether oxygens (including phenoxy) is 3. The van der Waals surface area contributed by atoms with Gasteiger partial charge in [0.2, 0.25) is 0 Å². The van der Waals surface area contributed by atoms with Crippen molar-refractivity contribution in [2.45, 2.75) is 57.1 Å². The zero-order valence-corrected chi connectivity index (χ0v) is 20.0.